The number of anilines is 2. The van der Waals surface area contributed by atoms with Crippen molar-refractivity contribution in [1.82, 2.24) is 9.97 Å². The van der Waals surface area contributed by atoms with Gasteiger partial charge in [-0.25, -0.2) is 9.97 Å². The average molecular weight is 240 g/mol. The second-order valence-electron chi connectivity index (χ2n) is 2.83. The van der Waals surface area contributed by atoms with Gasteiger partial charge in [-0.2, -0.15) is 0 Å². The van der Waals surface area contributed by atoms with E-state index in [1.54, 1.807) is 12.3 Å². The zero-order valence-electron chi connectivity index (χ0n) is 7.61. The molecule has 15 heavy (non-hydrogen) atoms. The molecular formula is C10H7Cl2N3. The Labute approximate surface area is 97.1 Å². The third kappa shape index (κ3) is 2.58. The Balaban J connectivity index is 2.22. The molecule has 0 radical (unpaired) electrons. The van der Waals surface area contributed by atoms with Crippen molar-refractivity contribution in [3.05, 3.63) is 46.8 Å². The molecule has 2 rings (SSSR count). The maximum atomic E-state index is 5.97. The Morgan fingerprint density at radius 2 is 1.80 bits per heavy atom. The van der Waals surface area contributed by atoms with Crippen LogP contribution < -0.4 is 5.32 Å². The lowest BCUT2D eigenvalue weighted by atomic mass is 10.3. The first-order chi connectivity index (χ1) is 7.25. The first kappa shape index (κ1) is 10.2. The van der Waals surface area contributed by atoms with Crippen molar-refractivity contribution < 1.29 is 0 Å². The molecule has 5 heteroatoms. The van der Waals surface area contributed by atoms with Crippen LogP contribution in [0.15, 0.2) is 36.7 Å². The van der Waals surface area contributed by atoms with E-state index < -0.39 is 0 Å². The van der Waals surface area contributed by atoms with Gasteiger partial charge in [0.05, 0.1) is 23.1 Å². The highest BCUT2D eigenvalue weighted by atomic mass is 35.5. The summed E-state index contributed by atoms with van der Waals surface area (Å²) in [6.07, 6.45) is 3.02. The fourth-order valence-electron chi connectivity index (χ4n) is 1.08. The largest absolute Gasteiger partial charge is 0.338 e. The number of rotatable bonds is 2. The molecule has 0 bridgehead atoms. The van der Waals surface area contributed by atoms with Gasteiger partial charge in [-0.1, -0.05) is 35.3 Å². The molecule has 1 heterocycles. The van der Waals surface area contributed by atoms with Crippen molar-refractivity contribution >= 4 is 34.7 Å². The van der Waals surface area contributed by atoms with Crippen molar-refractivity contribution in [2.75, 3.05) is 5.32 Å². The number of hydrogen-bond acceptors (Lipinski definition) is 3. The van der Waals surface area contributed by atoms with Crippen LogP contribution in [-0.4, -0.2) is 9.97 Å². The summed E-state index contributed by atoms with van der Waals surface area (Å²) in [6, 6.07) is 7.41. The van der Waals surface area contributed by atoms with Crippen molar-refractivity contribution in [3.63, 3.8) is 0 Å². The predicted octanol–water partition coefficient (Wildman–Crippen LogP) is 3.53. The van der Waals surface area contributed by atoms with Crippen LogP contribution in [0.1, 0.15) is 0 Å². The third-order valence-electron chi connectivity index (χ3n) is 1.76. The summed E-state index contributed by atoms with van der Waals surface area (Å²) in [5.74, 6) is 0.604. The SMILES string of the molecule is Clc1cnc(Nc2ccccc2Cl)cn1. The van der Waals surface area contributed by atoms with Gasteiger partial charge in [0.25, 0.3) is 0 Å². The monoisotopic (exact) mass is 239 g/mol. The van der Waals surface area contributed by atoms with Crippen molar-refractivity contribution in [2.24, 2.45) is 0 Å². The molecule has 0 amide bonds. The Hall–Kier alpha value is -1.32. The molecule has 0 aliphatic carbocycles. The Morgan fingerprint density at radius 3 is 2.47 bits per heavy atom. The van der Waals surface area contributed by atoms with E-state index in [4.69, 9.17) is 23.2 Å². The Bertz CT molecular complexity index is 456. The van der Waals surface area contributed by atoms with Crippen molar-refractivity contribution in [2.45, 2.75) is 0 Å². The van der Waals surface area contributed by atoms with E-state index in [-0.39, 0.29) is 0 Å². The molecule has 0 atom stereocenters. The van der Waals surface area contributed by atoms with Crippen LogP contribution in [0.25, 0.3) is 0 Å². The van der Waals surface area contributed by atoms with Gasteiger partial charge in [-0.05, 0) is 12.1 Å². The quantitative estimate of drug-likeness (QED) is 0.872. The van der Waals surface area contributed by atoms with Crippen LogP contribution in [0.5, 0.6) is 0 Å². The molecule has 0 aliphatic rings. The van der Waals surface area contributed by atoms with E-state index in [0.717, 1.165) is 5.69 Å². The van der Waals surface area contributed by atoms with E-state index in [9.17, 15) is 0 Å². The van der Waals surface area contributed by atoms with Crippen LogP contribution >= 0.6 is 23.2 Å². The summed E-state index contributed by atoms with van der Waals surface area (Å²) in [5.41, 5.74) is 0.788. The minimum Gasteiger partial charge on any atom is -0.338 e. The van der Waals surface area contributed by atoms with Gasteiger partial charge in [-0.15, -0.1) is 0 Å². The van der Waals surface area contributed by atoms with Gasteiger partial charge < -0.3 is 5.32 Å². The van der Waals surface area contributed by atoms with Gasteiger partial charge >= 0.3 is 0 Å². The zero-order valence-corrected chi connectivity index (χ0v) is 9.13. The second-order valence-corrected chi connectivity index (χ2v) is 3.62. The number of hydrogen-bond donors (Lipinski definition) is 1. The summed E-state index contributed by atoms with van der Waals surface area (Å²) in [6.45, 7) is 0. The molecule has 76 valence electrons. The molecule has 3 nitrogen and oxygen atoms in total. The van der Waals surface area contributed by atoms with Crippen LogP contribution in [0, 0.1) is 0 Å². The molecule has 0 saturated carbocycles. The predicted molar refractivity (Wildman–Crippen MR) is 61.8 cm³/mol. The molecule has 0 fully saturated rings. The zero-order chi connectivity index (χ0) is 10.7. The first-order valence-electron chi connectivity index (χ1n) is 4.25. The number of nitrogens with one attached hydrogen (secondary N) is 1. The molecule has 1 aromatic carbocycles. The molecule has 0 spiro atoms. The second kappa shape index (κ2) is 4.47. The Kier molecular flexibility index (Phi) is 3.04. The summed E-state index contributed by atoms with van der Waals surface area (Å²) in [5, 5.41) is 4.03. The Morgan fingerprint density at radius 1 is 1.00 bits per heavy atom. The number of aromatic nitrogens is 2. The topological polar surface area (TPSA) is 37.8 Å². The van der Waals surface area contributed by atoms with Gasteiger partial charge in [0.2, 0.25) is 0 Å². The van der Waals surface area contributed by atoms with E-state index in [1.807, 2.05) is 18.2 Å². The maximum Gasteiger partial charge on any atom is 0.149 e. The first-order valence-corrected chi connectivity index (χ1v) is 5.00. The van der Waals surface area contributed by atoms with Crippen LogP contribution in [0.3, 0.4) is 0 Å². The molecule has 1 aromatic heterocycles. The fourth-order valence-corrected chi connectivity index (χ4v) is 1.36. The van der Waals surface area contributed by atoms with E-state index in [2.05, 4.69) is 15.3 Å². The lowest BCUT2D eigenvalue weighted by Crippen LogP contribution is -1.94. The van der Waals surface area contributed by atoms with Gasteiger partial charge in [0, 0.05) is 0 Å². The fraction of sp³-hybridized carbons (Fsp3) is 0. The smallest absolute Gasteiger partial charge is 0.149 e. The molecule has 0 unspecified atom stereocenters. The van der Waals surface area contributed by atoms with E-state index in [1.165, 1.54) is 6.20 Å². The highest BCUT2D eigenvalue weighted by Crippen LogP contribution is 2.23. The van der Waals surface area contributed by atoms with Crippen LogP contribution in [0.2, 0.25) is 10.2 Å². The van der Waals surface area contributed by atoms with E-state index >= 15 is 0 Å². The highest BCUT2D eigenvalue weighted by molar-refractivity contribution is 6.33. The number of benzene rings is 1. The standard InChI is InChI=1S/C10H7Cl2N3/c11-7-3-1-2-4-8(7)15-10-6-13-9(12)5-14-10/h1-6H,(H,14,15). The molecule has 1 N–H and O–H groups in total. The summed E-state index contributed by atoms with van der Waals surface area (Å²) >= 11 is 11.6. The summed E-state index contributed by atoms with van der Waals surface area (Å²) in [4.78, 5) is 7.95. The number of halogens is 2. The van der Waals surface area contributed by atoms with Crippen LogP contribution in [-0.2, 0) is 0 Å². The van der Waals surface area contributed by atoms with Crippen molar-refractivity contribution in [1.29, 1.82) is 0 Å². The number of para-hydroxylation sites is 1. The highest BCUT2D eigenvalue weighted by Gasteiger charge is 2.00. The van der Waals surface area contributed by atoms with Gasteiger partial charge in [-0.3, -0.25) is 0 Å². The minimum atomic E-state index is 0.361. The van der Waals surface area contributed by atoms with Crippen molar-refractivity contribution in [3.8, 4) is 0 Å². The summed E-state index contributed by atoms with van der Waals surface area (Å²) in [7, 11) is 0. The van der Waals surface area contributed by atoms with Crippen LogP contribution in [0.4, 0.5) is 11.5 Å². The van der Waals surface area contributed by atoms with Gasteiger partial charge in [0.1, 0.15) is 11.0 Å². The summed E-state index contributed by atoms with van der Waals surface area (Å²) < 4.78 is 0. The maximum absolute atomic E-state index is 5.97. The molecule has 0 saturated heterocycles. The lowest BCUT2D eigenvalue weighted by molar-refractivity contribution is 1.20. The van der Waals surface area contributed by atoms with Gasteiger partial charge in [0.15, 0.2) is 0 Å². The average Bonchev–Trinajstić information content (AvgIpc) is 2.25. The normalized spacial score (nSPS) is 10.0. The third-order valence-corrected chi connectivity index (χ3v) is 2.28. The molecule has 0 aliphatic heterocycles. The molecular weight excluding hydrogens is 233 g/mol. The lowest BCUT2D eigenvalue weighted by Gasteiger charge is -2.06. The van der Waals surface area contributed by atoms with E-state index in [0.29, 0.717) is 16.0 Å². The molecule has 2 aromatic rings. The number of nitrogens with zero attached hydrogens (tertiary/aromatic N) is 2. The minimum absolute atomic E-state index is 0.361.